The van der Waals surface area contributed by atoms with E-state index in [9.17, 15) is 4.79 Å². The standard InChI is InChI=1S/C18H28N4O/c1-4-5-9-18(19-20-18)10-8-17(23)22-12-14-6-7-16(21(2)3)11-15(14)13-22/h1,14-16H,5-13H2,2-3H3. The monoisotopic (exact) mass is 316 g/mol. The third kappa shape index (κ3) is 3.74. The van der Waals surface area contributed by atoms with Crippen molar-refractivity contribution in [3.63, 3.8) is 0 Å². The number of hydrogen-bond acceptors (Lipinski definition) is 4. The smallest absolute Gasteiger partial charge is 0.222 e. The van der Waals surface area contributed by atoms with Crippen LogP contribution in [-0.2, 0) is 4.79 Å². The highest BCUT2D eigenvalue weighted by Gasteiger charge is 2.42. The molecule has 126 valence electrons. The van der Waals surface area contributed by atoms with Crippen LogP contribution < -0.4 is 0 Å². The Bertz CT molecular complexity index is 516. The first-order valence-electron chi connectivity index (χ1n) is 8.85. The van der Waals surface area contributed by atoms with Crippen LogP contribution in [0, 0.1) is 24.2 Å². The molecule has 1 aliphatic carbocycles. The molecule has 0 aromatic rings. The minimum Gasteiger partial charge on any atom is -0.342 e. The molecule has 2 fully saturated rings. The quantitative estimate of drug-likeness (QED) is 0.707. The van der Waals surface area contributed by atoms with Crippen LogP contribution in [-0.4, -0.2) is 54.6 Å². The van der Waals surface area contributed by atoms with Gasteiger partial charge in [0, 0.05) is 44.8 Å². The maximum Gasteiger partial charge on any atom is 0.222 e. The highest BCUT2D eigenvalue weighted by atomic mass is 16.2. The minimum absolute atomic E-state index is 0.276. The molecule has 0 aromatic carbocycles. The van der Waals surface area contributed by atoms with Gasteiger partial charge in [0.15, 0.2) is 5.66 Å². The summed E-state index contributed by atoms with van der Waals surface area (Å²) in [6.45, 7) is 1.90. The van der Waals surface area contributed by atoms with Crippen LogP contribution >= 0.6 is 0 Å². The zero-order valence-corrected chi connectivity index (χ0v) is 14.4. The summed E-state index contributed by atoms with van der Waals surface area (Å²) in [6, 6.07) is 0.683. The molecule has 0 spiro atoms. The predicted octanol–water partition coefficient (Wildman–Crippen LogP) is 2.53. The second-order valence-corrected chi connectivity index (χ2v) is 7.64. The number of terminal acetylenes is 1. The van der Waals surface area contributed by atoms with E-state index in [1.165, 1.54) is 19.3 Å². The third-order valence-corrected chi connectivity index (χ3v) is 5.90. The van der Waals surface area contributed by atoms with Gasteiger partial charge in [-0.2, -0.15) is 10.2 Å². The van der Waals surface area contributed by atoms with E-state index < -0.39 is 0 Å². The molecule has 3 rings (SSSR count). The van der Waals surface area contributed by atoms with Gasteiger partial charge >= 0.3 is 0 Å². The van der Waals surface area contributed by atoms with E-state index in [1.807, 2.05) is 0 Å². The Morgan fingerprint density at radius 3 is 2.65 bits per heavy atom. The molecule has 0 radical (unpaired) electrons. The molecule has 3 unspecified atom stereocenters. The lowest BCUT2D eigenvalue weighted by Crippen LogP contribution is -2.36. The second-order valence-electron chi connectivity index (χ2n) is 7.64. The summed E-state index contributed by atoms with van der Waals surface area (Å²) in [5, 5.41) is 8.25. The summed E-state index contributed by atoms with van der Waals surface area (Å²) in [6.07, 6.45) is 11.8. The number of carbonyl (C=O) groups excluding carboxylic acids is 1. The molecule has 5 heteroatoms. The highest BCUT2D eigenvalue weighted by Crippen LogP contribution is 2.40. The Morgan fingerprint density at radius 2 is 2.00 bits per heavy atom. The molecule has 3 aliphatic rings. The van der Waals surface area contributed by atoms with E-state index in [4.69, 9.17) is 6.42 Å². The number of likely N-dealkylation sites (tertiary alicyclic amines) is 1. The molecule has 1 amide bonds. The van der Waals surface area contributed by atoms with Crippen molar-refractivity contribution in [2.24, 2.45) is 22.1 Å². The number of hydrogen-bond donors (Lipinski definition) is 0. The predicted molar refractivity (Wildman–Crippen MR) is 89.8 cm³/mol. The van der Waals surface area contributed by atoms with Gasteiger partial charge < -0.3 is 9.80 Å². The number of rotatable bonds is 6. The number of amides is 1. The van der Waals surface area contributed by atoms with Gasteiger partial charge in [-0.3, -0.25) is 4.79 Å². The summed E-state index contributed by atoms with van der Waals surface area (Å²) in [5.41, 5.74) is -0.329. The number of nitrogens with zero attached hydrogens (tertiary/aromatic N) is 4. The highest BCUT2D eigenvalue weighted by molar-refractivity contribution is 5.76. The van der Waals surface area contributed by atoms with E-state index >= 15 is 0 Å². The van der Waals surface area contributed by atoms with Crippen molar-refractivity contribution in [1.82, 2.24) is 9.80 Å². The van der Waals surface area contributed by atoms with Crippen molar-refractivity contribution < 1.29 is 4.79 Å². The van der Waals surface area contributed by atoms with Crippen LogP contribution in [0.1, 0.15) is 44.9 Å². The lowest BCUT2D eigenvalue weighted by Gasteiger charge is -2.34. The van der Waals surface area contributed by atoms with Crippen molar-refractivity contribution in [2.75, 3.05) is 27.2 Å². The van der Waals surface area contributed by atoms with Gasteiger partial charge in [0.1, 0.15) is 0 Å². The maximum absolute atomic E-state index is 12.5. The van der Waals surface area contributed by atoms with Crippen LogP contribution in [0.15, 0.2) is 10.2 Å². The topological polar surface area (TPSA) is 48.3 Å². The SMILES string of the molecule is C#CCCC1(CCC(=O)N2CC3CCC(N(C)C)CC3C2)N=N1. The molecule has 23 heavy (non-hydrogen) atoms. The van der Waals surface area contributed by atoms with Gasteiger partial charge in [0.2, 0.25) is 5.91 Å². The Kier molecular flexibility index (Phi) is 4.72. The van der Waals surface area contributed by atoms with Crippen LogP contribution in [0.25, 0.3) is 0 Å². The zero-order valence-electron chi connectivity index (χ0n) is 14.4. The van der Waals surface area contributed by atoms with E-state index in [0.29, 0.717) is 30.7 Å². The fourth-order valence-corrected chi connectivity index (χ4v) is 4.21. The summed E-state index contributed by atoms with van der Waals surface area (Å²) >= 11 is 0. The van der Waals surface area contributed by atoms with Crippen LogP contribution in [0.4, 0.5) is 0 Å². The number of carbonyl (C=O) groups is 1. The van der Waals surface area contributed by atoms with Gasteiger partial charge in [0.05, 0.1) is 0 Å². The molecule has 0 N–H and O–H groups in total. The molecule has 0 aromatic heterocycles. The summed E-state index contributed by atoms with van der Waals surface area (Å²) in [5.74, 6) is 4.31. The molecule has 1 saturated heterocycles. The van der Waals surface area contributed by atoms with Crippen LogP contribution in [0.5, 0.6) is 0 Å². The van der Waals surface area contributed by atoms with Crippen molar-refractivity contribution in [3.8, 4) is 12.3 Å². The van der Waals surface area contributed by atoms with E-state index in [2.05, 4.69) is 40.0 Å². The Hall–Kier alpha value is -1.41. The minimum atomic E-state index is -0.329. The first-order chi connectivity index (χ1) is 11.0. The fraction of sp³-hybridized carbons (Fsp3) is 0.833. The Labute approximate surface area is 139 Å². The average Bonchev–Trinajstić information content (AvgIpc) is 3.18. The van der Waals surface area contributed by atoms with E-state index in [0.717, 1.165) is 25.9 Å². The molecular weight excluding hydrogens is 288 g/mol. The third-order valence-electron chi connectivity index (χ3n) is 5.90. The molecule has 2 aliphatic heterocycles. The van der Waals surface area contributed by atoms with Crippen molar-refractivity contribution in [1.29, 1.82) is 0 Å². The van der Waals surface area contributed by atoms with Gasteiger partial charge in [-0.25, -0.2) is 0 Å². The Balaban J connectivity index is 1.46. The van der Waals surface area contributed by atoms with Gasteiger partial charge in [-0.05, 0) is 45.2 Å². The summed E-state index contributed by atoms with van der Waals surface area (Å²) in [4.78, 5) is 17.0. The largest absolute Gasteiger partial charge is 0.342 e. The zero-order chi connectivity index (χ0) is 16.4. The van der Waals surface area contributed by atoms with E-state index in [-0.39, 0.29) is 11.6 Å². The first kappa shape index (κ1) is 16.4. The van der Waals surface area contributed by atoms with Crippen LogP contribution in [0.2, 0.25) is 0 Å². The average molecular weight is 316 g/mol. The maximum atomic E-state index is 12.5. The molecular formula is C18H28N4O. The Morgan fingerprint density at radius 1 is 1.26 bits per heavy atom. The van der Waals surface area contributed by atoms with E-state index in [1.54, 1.807) is 0 Å². The first-order valence-corrected chi connectivity index (χ1v) is 8.85. The lowest BCUT2D eigenvalue weighted by atomic mass is 9.79. The summed E-state index contributed by atoms with van der Waals surface area (Å²) in [7, 11) is 4.34. The molecule has 2 heterocycles. The molecule has 3 atom stereocenters. The fourth-order valence-electron chi connectivity index (χ4n) is 4.21. The molecule has 5 nitrogen and oxygen atoms in total. The molecule has 0 bridgehead atoms. The lowest BCUT2D eigenvalue weighted by molar-refractivity contribution is -0.130. The number of fused-ring (bicyclic) bond motifs is 1. The van der Waals surface area contributed by atoms with Crippen molar-refractivity contribution >= 4 is 5.91 Å². The van der Waals surface area contributed by atoms with Crippen molar-refractivity contribution in [3.05, 3.63) is 0 Å². The van der Waals surface area contributed by atoms with Crippen LogP contribution in [0.3, 0.4) is 0 Å². The summed E-state index contributed by atoms with van der Waals surface area (Å²) < 4.78 is 0. The van der Waals surface area contributed by atoms with Gasteiger partial charge in [-0.1, -0.05) is 0 Å². The second kappa shape index (κ2) is 6.60. The van der Waals surface area contributed by atoms with Gasteiger partial charge in [-0.15, -0.1) is 12.3 Å². The van der Waals surface area contributed by atoms with Gasteiger partial charge in [0.25, 0.3) is 0 Å². The normalized spacial score (nSPS) is 31.0. The molecule has 1 saturated carbocycles. The van der Waals surface area contributed by atoms with Crippen molar-refractivity contribution in [2.45, 2.75) is 56.7 Å².